The lowest BCUT2D eigenvalue weighted by Crippen LogP contribution is -3.14. The van der Waals surface area contributed by atoms with Gasteiger partial charge in [0.25, 0.3) is 0 Å². The minimum atomic E-state index is -1.24. The van der Waals surface area contributed by atoms with Crippen LogP contribution in [0.3, 0.4) is 0 Å². The molecule has 0 aliphatic carbocycles. The first kappa shape index (κ1) is 22.5. The van der Waals surface area contributed by atoms with Gasteiger partial charge in [0, 0.05) is 5.56 Å². The first-order valence-electron chi connectivity index (χ1n) is 11.6. The van der Waals surface area contributed by atoms with Gasteiger partial charge in [0.1, 0.15) is 24.4 Å². The molecule has 0 amide bonds. The van der Waals surface area contributed by atoms with Crippen LogP contribution < -0.4 is 9.64 Å². The lowest BCUT2D eigenvalue weighted by atomic mass is 9.72. The van der Waals surface area contributed by atoms with E-state index in [0.717, 1.165) is 56.0 Å². The standard InChI is InChI=1S/C28H33NO3/c1-3-22-13-15-24(16-14-22)28(30,25-11-7-8-12-27(25)31-2)26(23-9-5-4-6-10-23)21-29-17-19-32-20-18-29/h4-16,26,30H,3,17-21H2,1-2H3/p+1. The summed E-state index contributed by atoms with van der Waals surface area (Å²) in [6.07, 6.45) is 0.966. The molecule has 0 spiro atoms. The van der Waals surface area contributed by atoms with Crippen LogP contribution >= 0.6 is 0 Å². The molecule has 168 valence electrons. The van der Waals surface area contributed by atoms with E-state index in [2.05, 4.69) is 55.5 Å². The highest BCUT2D eigenvalue weighted by atomic mass is 16.5. The fraction of sp³-hybridized carbons (Fsp3) is 0.357. The summed E-state index contributed by atoms with van der Waals surface area (Å²) in [5.74, 6) is 0.549. The third-order valence-electron chi connectivity index (χ3n) is 6.72. The quantitative estimate of drug-likeness (QED) is 0.575. The van der Waals surface area contributed by atoms with Crippen molar-refractivity contribution in [2.24, 2.45) is 0 Å². The maximum absolute atomic E-state index is 12.7. The minimum Gasteiger partial charge on any atom is -0.496 e. The molecule has 2 atom stereocenters. The Labute approximate surface area is 191 Å². The highest BCUT2D eigenvalue weighted by Crippen LogP contribution is 2.45. The minimum absolute atomic E-state index is 0.152. The van der Waals surface area contributed by atoms with Crippen molar-refractivity contribution in [2.45, 2.75) is 24.9 Å². The highest BCUT2D eigenvalue weighted by molar-refractivity contribution is 5.49. The lowest BCUT2D eigenvalue weighted by Gasteiger charge is -2.40. The summed E-state index contributed by atoms with van der Waals surface area (Å²) in [5.41, 5.74) is 2.82. The second-order valence-corrected chi connectivity index (χ2v) is 8.55. The normalized spacial score (nSPS) is 17.5. The number of hydrogen-bond donors (Lipinski definition) is 2. The number of nitrogens with one attached hydrogen (secondary N) is 1. The Morgan fingerprint density at radius 2 is 1.59 bits per heavy atom. The first-order chi connectivity index (χ1) is 15.7. The van der Waals surface area contributed by atoms with E-state index in [9.17, 15) is 5.11 Å². The van der Waals surface area contributed by atoms with Crippen LogP contribution in [0.5, 0.6) is 5.75 Å². The van der Waals surface area contributed by atoms with Crippen LogP contribution in [0.4, 0.5) is 0 Å². The average Bonchev–Trinajstić information content (AvgIpc) is 2.88. The van der Waals surface area contributed by atoms with Gasteiger partial charge in [-0.2, -0.15) is 0 Å². The molecule has 0 aromatic heterocycles. The fourth-order valence-corrected chi connectivity index (χ4v) is 4.84. The van der Waals surface area contributed by atoms with Crippen molar-refractivity contribution < 1.29 is 19.5 Å². The predicted molar refractivity (Wildman–Crippen MR) is 127 cm³/mol. The Bertz CT molecular complexity index is 983. The van der Waals surface area contributed by atoms with Crippen LogP contribution in [-0.4, -0.2) is 45.1 Å². The molecule has 0 saturated carbocycles. The van der Waals surface area contributed by atoms with Crippen LogP contribution in [-0.2, 0) is 16.8 Å². The van der Waals surface area contributed by atoms with Crippen molar-refractivity contribution >= 4 is 0 Å². The third kappa shape index (κ3) is 4.58. The van der Waals surface area contributed by atoms with Gasteiger partial charge in [0.2, 0.25) is 0 Å². The molecule has 1 aliphatic heterocycles. The van der Waals surface area contributed by atoms with E-state index in [1.807, 2.05) is 30.3 Å². The molecule has 3 aromatic carbocycles. The van der Waals surface area contributed by atoms with Crippen LogP contribution in [0.2, 0.25) is 0 Å². The van der Waals surface area contributed by atoms with Crippen LogP contribution in [0.25, 0.3) is 0 Å². The molecule has 4 nitrogen and oxygen atoms in total. The number of benzene rings is 3. The zero-order valence-electron chi connectivity index (χ0n) is 19.1. The van der Waals surface area contributed by atoms with Crippen LogP contribution in [0.15, 0.2) is 78.9 Å². The Balaban J connectivity index is 1.89. The summed E-state index contributed by atoms with van der Waals surface area (Å²) in [7, 11) is 1.67. The fourth-order valence-electron chi connectivity index (χ4n) is 4.84. The lowest BCUT2D eigenvalue weighted by molar-refractivity contribution is -0.910. The largest absolute Gasteiger partial charge is 0.496 e. The van der Waals surface area contributed by atoms with Gasteiger partial charge >= 0.3 is 0 Å². The van der Waals surface area contributed by atoms with Crippen molar-refractivity contribution in [1.29, 1.82) is 0 Å². The monoisotopic (exact) mass is 432 g/mol. The van der Waals surface area contributed by atoms with Gasteiger partial charge in [-0.05, 0) is 29.2 Å². The van der Waals surface area contributed by atoms with E-state index in [0.29, 0.717) is 5.75 Å². The van der Waals surface area contributed by atoms with Gasteiger partial charge in [-0.3, -0.25) is 0 Å². The Kier molecular flexibility index (Phi) is 7.26. The van der Waals surface area contributed by atoms with E-state index in [4.69, 9.17) is 9.47 Å². The molecule has 0 bridgehead atoms. The van der Waals surface area contributed by atoms with Crippen molar-refractivity contribution in [3.8, 4) is 5.75 Å². The molecular weight excluding hydrogens is 398 g/mol. The van der Waals surface area contributed by atoms with Gasteiger partial charge in [-0.25, -0.2) is 0 Å². The molecule has 2 N–H and O–H groups in total. The second kappa shape index (κ2) is 10.3. The molecular formula is C28H34NO3+. The maximum atomic E-state index is 12.7. The Morgan fingerprint density at radius 3 is 2.25 bits per heavy atom. The summed E-state index contributed by atoms with van der Waals surface area (Å²) in [6.45, 7) is 6.36. The summed E-state index contributed by atoms with van der Waals surface area (Å²) < 4.78 is 11.3. The van der Waals surface area contributed by atoms with Crippen molar-refractivity contribution in [3.63, 3.8) is 0 Å². The third-order valence-corrected chi connectivity index (χ3v) is 6.72. The van der Waals surface area contributed by atoms with E-state index in [1.165, 1.54) is 10.5 Å². The molecule has 0 radical (unpaired) electrons. The maximum Gasteiger partial charge on any atom is 0.130 e. The Morgan fingerprint density at radius 1 is 0.938 bits per heavy atom. The number of morpholine rings is 1. The second-order valence-electron chi connectivity index (χ2n) is 8.55. The van der Waals surface area contributed by atoms with Crippen molar-refractivity contribution in [2.75, 3.05) is 40.0 Å². The van der Waals surface area contributed by atoms with Gasteiger partial charge < -0.3 is 19.5 Å². The molecule has 4 heteroatoms. The molecule has 2 unspecified atom stereocenters. The summed E-state index contributed by atoms with van der Waals surface area (Å²) >= 11 is 0. The van der Waals surface area contributed by atoms with Crippen LogP contribution in [0.1, 0.15) is 35.1 Å². The molecule has 1 aliphatic rings. The molecule has 32 heavy (non-hydrogen) atoms. The van der Waals surface area contributed by atoms with E-state index in [1.54, 1.807) is 7.11 Å². The van der Waals surface area contributed by atoms with Gasteiger partial charge in [-0.15, -0.1) is 0 Å². The summed E-state index contributed by atoms with van der Waals surface area (Å²) in [6, 6.07) is 26.7. The topological polar surface area (TPSA) is 43.1 Å². The molecule has 1 heterocycles. The first-order valence-corrected chi connectivity index (χ1v) is 11.6. The van der Waals surface area contributed by atoms with Gasteiger partial charge in [0.15, 0.2) is 0 Å². The predicted octanol–water partition coefficient (Wildman–Crippen LogP) is 3.19. The number of para-hydroxylation sites is 1. The zero-order valence-corrected chi connectivity index (χ0v) is 19.1. The number of aryl methyl sites for hydroxylation is 1. The molecule has 1 saturated heterocycles. The van der Waals surface area contributed by atoms with E-state index < -0.39 is 5.60 Å². The smallest absolute Gasteiger partial charge is 0.130 e. The number of rotatable bonds is 8. The molecule has 1 fully saturated rings. The molecule has 4 rings (SSSR count). The van der Waals surface area contributed by atoms with Crippen LogP contribution in [0, 0.1) is 0 Å². The van der Waals surface area contributed by atoms with Gasteiger partial charge in [-0.1, -0.05) is 79.7 Å². The summed E-state index contributed by atoms with van der Waals surface area (Å²) in [4.78, 5) is 1.45. The zero-order chi connectivity index (χ0) is 22.4. The number of ether oxygens (including phenoxy) is 2. The van der Waals surface area contributed by atoms with E-state index >= 15 is 0 Å². The Hall–Kier alpha value is -2.66. The highest BCUT2D eigenvalue weighted by Gasteiger charge is 2.45. The van der Waals surface area contributed by atoms with Crippen molar-refractivity contribution in [1.82, 2.24) is 0 Å². The molecule has 3 aromatic rings. The number of hydrogen-bond acceptors (Lipinski definition) is 3. The van der Waals surface area contributed by atoms with Gasteiger partial charge in [0.05, 0.1) is 32.8 Å². The number of aliphatic hydroxyl groups is 1. The summed E-state index contributed by atoms with van der Waals surface area (Å²) in [5, 5.41) is 12.7. The van der Waals surface area contributed by atoms with Crippen molar-refractivity contribution in [3.05, 3.63) is 101 Å². The average molecular weight is 433 g/mol. The SMILES string of the molecule is CCc1ccc(C(O)(c2ccccc2OC)C(C[NH+]2CCOCC2)c2ccccc2)cc1. The van der Waals surface area contributed by atoms with E-state index in [-0.39, 0.29) is 5.92 Å². The number of methoxy groups -OCH3 is 1. The number of quaternary nitrogens is 1.